The topological polar surface area (TPSA) is 49.3 Å². The molecule has 1 unspecified atom stereocenters. The van der Waals surface area contributed by atoms with Crippen molar-refractivity contribution in [3.8, 4) is 0 Å². The third kappa shape index (κ3) is 3.22. The Balaban J connectivity index is 2.76. The Morgan fingerprint density at radius 1 is 1.60 bits per heavy atom. The fourth-order valence-electron chi connectivity index (χ4n) is 1.24. The number of nitrogens with one attached hydrogen (secondary N) is 1. The van der Waals surface area contributed by atoms with E-state index in [9.17, 15) is 4.79 Å². The van der Waals surface area contributed by atoms with Crippen LogP contribution < -0.4 is 5.32 Å². The van der Waals surface area contributed by atoms with Crippen LogP contribution in [0.15, 0.2) is 36.9 Å². The molecular weight excluding hydrogens is 190 g/mol. The fraction of sp³-hybridized carbons (Fsp3) is 0.250. The highest BCUT2D eigenvalue weighted by Gasteiger charge is 2.08. The van der Waals surface area contributed by atoms with Gasteiger partial charge in [0.05, 0.1) is 5.56 Å². The molecule has 0 saturated carbocycles. The zero-order chi connectivity index (χ0) is 11.3. The molecule has 80 valence electrons. The van der Waals surface area contributed by atoms with Gasteiger partial charge in [-0.3, -0.25) is 0 Å². The first kappa shape index (κ1) is 11.5. The third-order valence-corrected chi connectivity index (χ3v) is 2.22. The average Bonchev–Trinajstić information content (AvgIpc) is 2.26. The van der Waals surface area contributed by atoms with Crippen LogP contribution in [0, 0.1) is 0 Å². The van der Waals surface area contributed by atoms with E-state index in [0.29, 0.717) is 12.1 Å². The first-order valence-electron chi connectivity index (χ1n) is 4.82. The van der Waals surface area contributed by atoms with Gasteiger partial charge in [0.1, 0.15) is 0 Å². The summed E-state index contributed by atoms with van der Waals surface area (Å²) in [5, 5.41) is 12.1. The summed E-state index contributed by atoms with van der Waals surface area (Å²) in [4.78, 5) is 10.9. The summed E-state index contributed by atoms with van der Waals surface area (Å²) < 4.78 is 0. The Morgan fingerprint density at radius 2 is 2.27 bits per heavy atom. The van der Waals surface area contributed by atoms with E-state index in [1.807, 2.05) is 19.1 Å². The number of aromatic carboxylic acids is 1. The van der Waals surface area contributed by atoms with Crippen LogP contribution in [-0.4, -0.2) is 17.1 Å². The van der Waals surface area contributed by atoms with Gasteiger partial charge in [0.15, 0.2) is 0 Å². The fourth-order valence-corrected chi connectivity index (χ4v) is 1.24. The first-order chi connectivity index (χ1) is 7.15. The van der Waals surface area contributed by atoms with Gasteiger partial charge >= 0.3 is 5.97 Å². The van der Waals surface area contributed by atoms with Crippen molar-refractivity contribution in [2.75, 3.05) is 0 Å². The molecule has 0 aliphatic carbocycles. The lowest BCUT2D eigenvalue weighted by molar-refractivity contribution is 0.0695. The Kier molecular flexibility index (Phi) is 4.06. The Morgan fingerprint density at radius 3 is 2.87 bits per heavy atom. The normalized spacial score (nSPS) is 12.1. The molecule has 3 nitrogen and oxygen atoms in total. The van der Waals surface area contributed by atoms with E-state index < -0.39 is 5.97 Å². The van der Waals surface area contributed by atoms with Gasteiger partial charge in [0, 0.05) is 12.6 Å². The van der Waals surface area contributed by atoms with E-state index >= 15 is 0 Å². The van der Waals surface area contributed by atoms with Crippen LogP contribution in [0.5, 0.6) is 0 Å². The van der Waals surface area contributed by atoms with Gasteiger partial charge in [0.2, 0.25) is 0 Å². The van der Waals surface area contributed by atoms with Gasteiger partial charge in [-0.25, -0.2) is 4.79 Å². The number of carbonyl (C=O) groups is 1. The van der Waals surface area contributed by atoms with Crippen molar-refractivity contribution < 1.29 is 9.90 Å². The number of carboxylic acids is 1. The average molecular weight is 205 g/mol. The smallest absolute Gasteiger partial charge is 0.336 e. The highest BCUT2D eigenvalue weighted by molar-refractivity contribution is 5.89. The predicted molar refractivity (Wildman–Crippen MR) is 59.9 cm³/mol. The van der Waals surface area contributed by atoms with E-state index in [-0.39, 0.29) is 6.04 Å². The molecule has 1 atom stereocenters. The summed E-state index contributed by atoms with van der Waals surface area (Å²) in [5.74, 6) is -0.890. The van der Waals surface area contributed by atoms with Crippen molar-refractivity contribution in [1.29, 1.82) is 0 Å². The molecule has 15 heavy (non-hydrogen) atoms. The molecule has 0 aliphatic rings. The minimum absolute atomic E-state index is 0.173. The minimum atomic E-state index is -0.890. The van der Waals surface area contributed by atoms with Gasteiger partial charge in [0.25, 0.3) is 0 Å². The summed E-state index contributed by atoms with van der Waals surface area (Å²) >= 11 is 0. The van der Waals surface area contributed by atoms with Crippen molar-refractivity contribution in [2.24, 2.45) is 0 Å². The first-order valence-corrected chi connectivity index (χ1v) is 4.82. The molecule has 2 N–H and O–H groups in total. The number of rotatable bonds is 5. The summed E-state index contributed by atoms with van der Waals surface area (Å²) in [7, 11) is 0. The van der Waals surface area contributed by atoms with E-state index in [4.69, 9.17) is 5.11 Å². The van der Waals surface area contributed by atoms with Gasteiger partial charge in [-0.15, -0.1) is 6.58 Å². The third-order valence-electron chi connectivity index (χ3n) is 2.22. The molecule has 1 aromatic carbocycles. The van der Waals surface area contributed by atoms with Crippen LogP contribution in [0.1, 0.15) is 22.8 Å². The van der Waals surface area contributed by atoms with Crippen LogP contribution in [0.2, 0.25) is 0 Å². The molecule has 1 rings (SSSR count). The summed E-state index contributed by atoms with van der Waals surface area (Å²) in [6.45, 7) is 6.16. The van der Waals surface area contributed by atoms with Crippen molar-refractivity contribution in [2.45, 2.75) is 19.5 Å². The molecule has 0 spiro atoms. The highest BCUT2D eigenvalue weighted by atomic mass is 16.4. The number of carboxylic acid groups (broad SMARTS) is 1. The molecule has 0 amide bonds. The van der Waals surface area contributed by atoms with Crippen LogP contribution in [0.25, 0.3) is 0 Å². The van der Waals surface area contributed by atoms with Gasteiger partial charge < -0.3 is 10.4 Å². The number of hydrogen-bond donors (Lipinski definition) is 2. The zero-order valence-corrected chi connectivity index (χ0v) is 8.73. The summed E-state index contributed by atoms with van der Waals surface area (Å²) in [5.41, 5.74) is 1.14. The van der Waals surface area contributed by atoms with Gasteiger partial charge in [-0.1, -0.05) is 24.3 Å². The number of benzene rings is 1. The molecule has 0 heterocycles. The Hall–Kier alpha value is -1.61. The van der Waals surface area contributed by atoms with Crippen LogP contribution >= 0.6 is 0 Å². The maximum absolute atomic E-state index is 10.9. The molecule has 0 radical (unpaired) electrons. The summed E-state index contributed by atoms with van der Waals surface area (Å²) in [6.07, 6.45) is 1.78. The lowest BCUT2D eigenvalue weighted by atomic mass is 10.1. The van der Waals surface area contributed by atoms with E-state index in [1.54, 1.807) is 18.2 Å². The molecule has 0 aromatic heterocycles. The minimum Gasteiger partial charge on any atom is -0.478 e. The lowest BCUT2D eigenvalue weighted by Gasteiger charge is -2.10. The van der Waals surface area contributed by atoms with Crippen molar-refractivity contribution >= 4 is 5.97 Å². The molecular formula is C12H15NO2. The molecule has 0 aliphatic heterocycles. The highest BCUT2D eigenvalue weighted by Crippen LogP contribution is 2.08. The Bertz CT molecular complexity index is 360. The summed E-state index contributed by atoms with van der Waals surface area (Å²) in [6, 6.07) is 7.16. The lowest BCUT2D eigenvalue weighted by Crippen LogP contribution is -2.24. The van der Waals surface area contributed by atoms with Crippen LogP contribution in [-0.2, 0) is 6.54 Å². The molecule has 0 fully saturated rings. The van der Waals surface area contributed by atoms with Crippen molar-refractivity contribution in [1.82, 2.24) is 5.32 Å². The van der Waals surface area contributed by atoms with Crippen LogP contribution in [0.4, 0.5) is 0 Å². The second kappa shape index (κ2) is 5.32. The number of hydrogen-bond acceptors (Lipinski definition) is 2. The monoisotopic (exact) mass is 205 g/mol. The van der Waals surface area contributed by atoms with Crippen molar-refractivity contribution in [3.05, 3.63) is 48.0 Å². The van der Waals surface area contributed by atoms with Crippen molar-refractivity contribution in [3.63, 3.8) is 0 Å². The standard InChI is InChI=1S/C12H15NO2/c1-3-9(2)13-8-10-6-4-5-7-11(10)12(14)15/h3-7,9,13H,1,8H2,2H3,(H,14,15). The van der Waals surface area contributed by atoms with E-state index in [2.05, 4.69) is 11.9 Å². The molecule has 3 heteroatoms. The molecule has 0 saturated heterocycles. The second-order valence-electron chi connectivity index (χ2n) is 3.37. The van der Waals surface area contributed by atoms with E-state index in [0.717, 1.165) is 5.56 Å². The van der Waals surface area contributed by atoms with Crippen LogP contribution in [0.3, 0.4) is 0 Å². The van der Waals surface area contributed by atoms with Gasteiger partial charge in [-0.05, 0) is 18.6 Å². The predicted octanol–water partition coefficient (Wildman–Crippen LogP) is 2.05. The quantitative estimate of drug-likeness (QED) is 0.723. The molecule has 1 aromatic rings. The SMILES string of the molecule is C=CC(C)NCc1ccccc1C(=O)O. The maximum atomic E-state index is 10.9. The second-order valence-corrected chi connectivity index (χ2v) is 3.37. The zero-order valence-electron chi connectivity index (χ0n) is 8.73. The molecule has 0 bridgehead atoms. The Labute approximate surface area is 89.4 Å². The maximum Gasteiger partial charge on any atom is 0.336 e. The van der Waals surface area contributed by atoms with Gasteiger partial charge in [-0.2, -0.15) is 0 Å². The largest absolute Gasteiger partial charge is 0.478 e. The van der Waals surface area contributed by atoms with E-state index in [1.165, 1.54) is 0 Å².